The number of amides is 2. The van der Waals surface area contributed by atoms with E-state index < -0.39 is 5.91 Å². The second-order valence-corrected chi connectivity index (χ2v) is 9.66. The van der Waals surface area contributed by atoms with E-state index in [4.69, 9.17) is 10.5 Å². The lowest BCUT2D eigenvalue weighted by atomic mass is 9.53. The van der Waals surface area contributed by atoms with Crippen LogP contribution in [0, 0.1) is 5.41 Å². The van der Waals surface area contributed by atoms with Crippen molar-refractivity contribution in [2.45, 2.75) is 37.8 Å². The summed E-state index contributed by atoms with van der Waals surface area (Å²) >= 11 is 0. The van der Waals surface area contributed by atoms with E-state index in [1.165, 1.54) is 0 Å². The van der Waals surface area contributed by atoms with Gasteiger partial charge in [0.25, 0.3) is 11.8 Å². The SMILES string of the molecule is CN(C)C(=O)c1cccc(-c2nccc(NC3CC4(C3)CC(Oc3ncccc3C(N)=O)C4)n2)c1. The average molecular weight is 473 g/mol. The Labute approximate surface area is 203 Å². The number of anilines is 1. The molecule has 3 N–H and O–H groups in total. The Morgan fingerprint density at radius 2 is 1.86 bits per heavy atom. The number of rotatable bonds is 7. The lowest BCUT2D eigenvalue weighted by Crippen LogP contribution is -2.56. The molecule has 2 aliphatic rings. The summed E-state index contributed by atoms with van der Waals surface area (Å²) in [7, 11) is 3.46. The van der Waals surface area contributed by atoms with E-state index in [1.54, 1.807) is 49.6 Å². The van der Waals surface area contributed by atoms with E-state index in [9.17, 15) is 9.59 Å². The molecule has 2 amide bonds. The van der Waals surface area contributed by atoms with Crippen LogP contribution in [0.2, 0.25) is 0 Å². The molecule has 0 aliphatic heterocycles. The summed E-state index contributed by atoms with van der Waals surface area (Å²) in [6.07, 6.45) is 7.31. The van der Waals surface area contributed by atoms with Crippen molar-refractivity contribution in [1.82, 2.24) is 19.9 Å². The summed E-state index contributed by atoms with van der Waals surface area (Å²) in [5, 5.41) is 3.52. The van der Waals surface area contributed by atoms with Gasteiger partial charge in [-0.1, -0.05) is 12.1 Å². The largest absolute Gasteiger partial charge is 0.474 e. The lowest BCUT2D eigenvalue weighted by molar-refractivity contribution is -0.0759. The summed E-state index contributed by atoms with van der Waals surface area (Å²) in [5.74, 6) is 1.08. The third-order valence-corrected chi connectivity index (χ3v) is 6.78. The highest BCUT2D eigenvalue weighted by Crippen LogP contribution is 2.57. The van der Waals surface area contributed by atoms with Crippen molar-refractivity contribution in [2.75, 3.05) is 19.4 Å². The van der Waals surface area contributed by atoms with Gasteiger partial charge in [0, 0.05) is 43.7 Å². The smallest absolute Gasteiger partial charge is 0.254 e. The highest BCUT2D eigenvalue weighted by Gasteiger charge is 2.54. The summed E-state index contributed by atoms with van der Waals surface area (Å²) in [6, 6.07) is 12.9. The molecule has 2 saturated carbocycles. The molecule has 1 spiro atoms. The summed E-state index contributed by atoms with van der Waals surface area (Å²) in [6.45, 7) is 0. The second kappa shape index (κ2) is 8.98. The minimum Gasteiger partial charge on any atom is -0.474 e. The number of primary amides is 1. The van der Waals surface area contributed by atoms with Crippen LogP contribution in [0.5, 0.6) is 5.88 Å². The van der Waals surface area contributed by atoms with Gasteiger partial charge in [0.1, 0.15) is 17.5 Å². The van der Waals surface area contributed by atoms with Crippen LogP contribution in [0.15, 0.2) is 54.9 Å². The van der Waals surface area contributed by atoms with Gasteiger partial charge in [0.15, 0.2) is 5.82 Å². The van der Waals surface area contributed by atoms with Gasteiger partial charge in [-0.15, -0.1) is 0 Å². The predicted octanol–water partition coefficient (Wildman–Crippen LogP) is 3.14. The van der Waals surface area contributed by atoms with E-state index >= 15 is 0 Å². The predicted molar refractivity (Wildman–Crippen MR) is 131 cm³/mol. The zero-order valence-electron chi connectivity index (χ0n) is 19.8. The molecule has 2 aromatic heterocycles. The van der Waals surface area contributed by atoms with Gasteiger partial charge < -0.3 is 20.7 Å². The maximum Gasteiger partial charge on any atom is 0.254 e. The average Bonchev–Trinajstić information content (AvgIpc) is 2.81. The fourth-order valence-corrected chi connectivity index (χ4v) is 5.08. The summed E-state index contributed by atoms with van der Waals surface area (Å²) in [4.78, 5) is 38.7. The van der Waals surface area contributed by atoms with Crippen LogP contribution < -0.4 is 15.8 Å². The molecule has 0 unspecified atom stereocenters. The normalized spacial score (nSPS) is 22.6. The van der Waals surface area contributed by atoms with Crippen LogP contribution in [-0.4, -0.2) is 57.9 Å². The molecule has 0 saturated heterocycles. The number of hydrogen-bond donors (Lipinski definition) is 2. The van der Waals surface area contributed by atoms with Crippen molar-refractivity contribution in [3.63, 3.8) is 0 Å². The molecule has 2 fully saturated rings. The molecule has 3 aromatic rings. The Morgan fingerprint density at radius 3 is 2.60 bits per heavy atom. The minimum atomic E-state index is -0.532. The van der Waals surface area contributed by atoms with Gasteiger partial charge >= 0.3 is 0 Å². The van der Waals surface area contributed by atoms with Gasteiger partial charge in [-0.25, -0.2) is 15.0 Å². The number of hydrogen-bond acceptors (Lipinski definition) is 7. The molecule has 1 aromatic carbocycles. The van der Waals surface area contributed by atoms with Crippen LogP contribution >= 0.6 is 0 Å². The van der Waals surface area contributed by atoms with E-state index in [0.717, 1.165) is 37.1 Å². The summed E-state index contributed by atoms with van der Waals surface area (Å²) < 4.78 is 5.95. The molecule has 5 rings (SSSR count). The monoisotopic (exact) mass is 472 g/mol. The number of ether oxygens (including phenoxy) is 1. The molecule has 180 valence electrons. The third-order valence-electron chi connectivity index (χ3n) is 6.78. The van der Waals surface area contributed by atoms with Gasteiger partial charge in [0.05, 0.1) is 0 Å². The first-order valence-electron chi connectivity index (χ1n) is 11.7. The molecular weight excluding hydrogens is 444 g/mol. The topological polar surface area (TPSA) is 123 Å². The van der Waals surface area contributed by atoms with Crippen LogP contribution in [0.1, 0.15) is 46.4 Å². The molecule has 0 bridgehead atoms. The molecule has 35 heavy (non-hydrogen) atoms. The minimum absolute atomic E-state index is 0.0479. The highest BCUT2D eigenvalue weighted by atomic mass is 16.5. The maximum absolute atomic E-state index is 12.3. The standard InChI is InChI=1S/C26H28N6O3/c1-32(2)25(34)17-6-3-5-16(11-17)23-28-10-8-21(31-23)30-18-12-26(13-18)14-19(15-26)35-24-20(22(27)33)7-4-9-29-24/h3-11,18-19H,12-15H2,1-2H3,(H2,27,33)(H,28,30,31). The number of aromatic nitrogens is 3. The van der Waals surface area contributed by atoms with E-state index in [1.807, 2.05) is 24.3 Å². The van der Waals surface area contributed by atoms with Gasteiger partial charge in [-0.3, -0.25) is 9.59 Å². The van der Waals surface area contributed by atoms with Gasteiger partial charge in [0.2, 0.25) is 5.88 Å². The maximum atomic E-state index is 12.3. The van der Waals surface area contributed by atoms with Crippen LogP contribution in [0.4, 0.5) is 5.82 Å². The molecular formula is C26H28N6O3. The van der Waals surface area contributed by atoms with E-state index in [2.05, 4.69) is 20.3 Å². The first-order chi connectivity index (χ1) is 16.8. The first kappa shape index (κ1) is 22.8. The summed E-state index contributed by atoms with van der Waals surface area (Å²) in [5.41, 5.74) is 7.40. The molecule has 0 radical (unpaired) electrons. The van der Waals surface area contributed by atoms with Gasteiger partial charge in [-0.2, -0.15) is 0 Å². The first-order valence-corrected chi connectivity index (χ1v) is 11.7. The number of nitrogens with one attached hydrogen (secondary N) is 1. The number of benzene rings is 1. The fourth-order valence-electron chi connectivity index (χ4n) is 5.08. The number of nitrogens with two attached hydrogens (primary N) is 1. The van der Waals surface area contributed by atoms with E-state index in [0.29, 0.717) is 28.9 Å². The second-order valence-electron chi connectivity index (χ2n) is 9.66. The highest BCUT2D eigenvalue weighted by molar-refractivity contribution is 5.95. The lowest BCUT2D eigenvalue weighted by Gasteiger charge is -2.57. The molecule has 2 heterocycles. The molecule has 9 heteroatoms. The fraction of sp³-hybridized carbons (Fsp3) is 0.346. The number of nitrogens with zero attached hydrogens (tertiary/aromatic N) is 4. The number of pyridine rings is 1. The Kier molecular flexibility index (Phi) is 5.84. The molecule has 0 atom stereocenters. The van der Waals surface area contributed by atoms with Crippen LogP contribution in [-0.2, 0) is 0 Å². The molecule has 9 nitrogen and oxygen atoms in total. The Balaban J connectivity index is 1.16. The zero-order valence-corrected chi connectivity index (χ0v) is 19.8. The van der Waals surface area contributed by atoms with Crippen LogP contribution in [0.3, 0.4) is 0 Å². The van der Waals surface area contributed by atoms with Crippen molar-refractivity contribution in [3.8, 4) is 17.3 Å². The number of carbonyl (C=O) groups is 2. The Bertz CT molecular complexity index is 1260. The van der Waals surface area contributed by atoms with Crippen molar-refractivity contribution < 1.29 is 14.3 Å². The molecule has 2 aliphatic carbocycles. The Morgan fingerprint density at radius 1 is 1.06 bits per heavy atom. The van der Waals surface area contributed by atoms with Crippen molar-refractivity contribution in [1.29, 1.82) is 0 Å². The van der Waals surface area contributed by atoms with Crippen molar-refractivity contribution >= 4 is 17.6 Å². The van der Waals surface area contributed by atoms with E-state index in [-0.39, 0.29) is 17.4 Å². The Hall–Kier alpha value is -4.01. The van der Waals surface area contributed by atoms with Crippen molar-refractivity contribution in [2.24, 2.45) is 11.1 Å². The number of carbonyl (C=O) groups excluding carboxylic acids is 2. The third kappa shape index (κ3) is 4.66. The zero-order chi connectivity index (χ0) is 24.6. The van der Waals surface area contributed by atoms with Crippen LogP contribution in [0.25, 0.3) is 11.4 Å². The van der Waals surface area contributed by atoms with Gasteiger partial charge in [-0.05, 0) is 61.4 Å². The quantitative estimate of drug-likeness (QED) is 0.541. The van der Waals surface area contributed by atoms with Crippen molar-refractivity contribution in [3.05, 3.63) is 66.0 Å².